The molecule has 1 aromatic rings. The number of morpholine rings is 1. The Morgan fingerprint density at radius 3 is 2.95 bits per heavy atom. The fourth-order valence-corrected chi connectivity index (χ4v) is 3.08. The predicted molar refractivity (Wildman–Crippen MR) is 79.0 cm³/mol. The number of hydrogen-bond acceptors (Lipinski definition) is 3. The summed E-state index contributed by atoms with van der Waals surface area (Å²) in [6.07, 6.45) is 0.0925. The third kappa shape index (κ3) is 2.83. The summed E-state index contributed by atoms with van der Waals surface area (Å²) in [5.74, 6) is -1.35. The van der Waals surface area contributed by atoms with Crippen molar-refractivity contribution in [2.75, 3.05) is 25.0 Å². The molecule has 5 nitrogen and oxygen atoms in total. The van der Waals surface area contributed by atoms with Crippen molar-refractivity contribution in [1.82, 2.24) is 4.90 Å². The first kappa shape index (κ1) is 15.0. The summed E-state index contributed by atoms with van der Waals surface area (Å²) in [4.78, 5) is 26.4. The molecular formula is C16H19FN2O3. The number of amides is 2. The summed E-state index contributed by atoms with van der Waals surface area (Å²) in [6.45, 7) is 5.35. The molecule has 1 unspecified atom stereocenters. The molecule has 2 heterocycles. The second-order valence-electron chi connectivity index (χ2n) is 6.40. The van der Waals surface area contributed by atoms with E-state index in [4.69, 9.17) is 4.74 Å². The Bertz CT molecular complexity index is 630. The standard InChI is InChI=1S/C16H19FN2O3/c1-16(2)9-19(5-6-22-16)15(21)12-8-14(20)18-13-7-10(17)3-4-11(12)13/h3-4,7,12H,5-6,8-9H2,1-2H3,(H,18,20). The minimum absolute atomic E-state index is 0.0925. The molecule has 0 aromatic heterocycles. The Labute approximate surface area is 128 Å². The Morgan fingerprint density at radius 2 is 2.23 bits per heavy atom. The van der Waals surface area contributed by atoms with E-state index in [1.807, 2.05) is 13.8 Å². The molecule has 2 amide bonds. The van der Waals surface area contributed by atoms with Crippen molar-refractivity contribution >= 4 is 17.5 Å². The zero-order valence-corrected chi connectivity index (χ0v) is 12.7. The van der Waals surface area contributed by atoms with Crippen molar-refractivity contribution in [2.24, 2.45) is 0 Å². The number of hydrogen-bond donors (Lipinski definition) is 1. The summed E-state index contributed by atoms with van der Waals surface area (Å²) in [5, 5.41) is 2.63. The Hall–Kier alpha value is -1.95. The predicted octanol–water partition coefficient (Wildman–Crippen LogP) is 1.89. The summed E-state index contributed by atoms with van der Waals surface area (Å²) in [6, 6.07) is 4.16. The van der Waals surface area contributed by atoms with Crippen LogP contribution < -0.4 is 5.32 Å². The monoisotopic (exact) mass is 306 g/mol. The van der Waals surface area contributed by atoms with E-state index >= 15 is 0 Å². The van der Waals surface area contributed by atoms with Gasteiger partial charge in [0.25, 0.3) is 0 Å². The molecule has 0 radical (unpaired) electrons. The first-order valence-corrected chi connectivity index (χ1v) is 7.38. The maximum Gasteiger partial charge on any atom is 0.230 e. The van der Waals surface area contributed by atoms with E-state index in [9.17, 15) is 14.0 Å². The minimum Gasteiger partial charge on any atom is -0.372 e. The Morgan fingerprint density at radius 1 is 1.45 bits per heavy atom. The molecule has 0 spiro atoms. The van der Waals surface area contributed by atoms with Crippen LogP contribution in [0.3, 0.4) is 0 Å². The fraction of sp³-hybridized carbons (Fsp3) is 0.500. The number of benzene rings is 1. The van der Waals surface area contributed by atoms with Gasteiger partial charge >= 0.3 is 0 Å². The van der Waals surface area contributed by atoms with E-state index in [0.717, 1.165) is 0 Å². The van der Waals surface area contributed by atoms with Gasteiger partial charge in [0.15, 0.2) is 0 Å². The minimum atomic E-state index is -0.557. The van der Waals surface area contributed by atoms with Crippen LogP contribution in [0.4, 0.5) is 10.1 Å². The van der Waals surface area contributed by atoms with Crippen LogP contribution in [-0.4, -0.2) is 42.0 Å². The van der Waals surface area contributed by atoms with E-state index < -0.39 is 17.3 Å². The van der Waals surface area contributed by atoms with Crippen molar-refractivity contribution in [3.63, 3.8) is 0 Å². The quantitative estimate of drug-likeness (QED) is 0.862. The molecule has 3 rings (SSSR count). The van der Waals surface area contributed by atoms with Gasteiger partial charge in [-0.2, -0.15) is 0 Å². The molecular weight excluding hydrogens is 287 g/mol. The zero-order valence-electron chi connectivity index (χ0n) is 12.7. The van der Waals surface area contributed by atoms with Gasteiger partial charge in [-0.05, 0) is 31.5 Å². The molecule has 1 fully saturated rings. The van der Waals surface area contributed by atoms with Crippen LogP contribution in [0.1, 0.15) is 31.7 Å². The molecule has 1 aromatic carbocycles. The molecule has 2 aliphatic heterocycles. The third-order valence-corrected chi connectivity index (χ3v) is 4.09. The van der Waals surface area contributed by atoms with E-state index in [0.29, 0.717) is 30.9 Å². The van der Waals surface area contributed by atoms with Gasteiger partial charge in [0.05, 0.1) is 18.1 Å². The Kier molecular flexibility index (Phi) is 3.64. The van der Waals surface area contributed by atoms with Gasteiger partial charge in [-0.25, -0.2) is 4.39 Å². The van der Waals surface area contributed by atoms with Gasteiger partial charge in [0, 0.05) is 25.2 Å². The second-order valence-corrected chi connectivity index (χ2v) is 6.40. The highest BCUT2D eigenvalue weighted by Crippen LogP contribution is 2.34. The summed E-state index contributed by atoms with van der Waals surface area (Å²) in [5.41, 5.74) is 0.675. The van der Waals surface area contributed by atoms with Crippen molar-refractivity contribution < 1.29 is 18.7 Å². The van der Waals surface area contributed by atoms with Crippen LogP contribution in [0.15, 0.2) is 18.2 Å². The highest BCUT2D eigenvalue weighted by Gasteiger charge is 2.37. The normalized spacial score (nSPS) is 23.7. The number of nitrogens with one attached hydrogen (secondary N) is 1. The molecule has 118 valence electrons. The average molecular weight is 306 g/mol. The molecule has 6 heteroatoms. The number of anilines is 1. The van der Waals surface area contributed by atoms with Crippen molar-refractivity contribution in [3.8, 4) is 0 Å². The highest BCUT2D eigenvalue weighted by molar-refractivity contribution is 6.01. The maximum absolute atomic E-state index is 13.3. The van der Waals surface area contributed by atoms with Crippen LogP contribution in [-0.2, 0) is 14.3 Å². The number of nitrogens with zero attached hydrogens (tertiary/aromatic N) is 1. The number of halogens is 1. The number of carbonyl (C=O) groups is 2. The Balaban J connectivity index is 1.88. The lowest BCUT2D eigenvalue weighted by atomic mass is 9.88. The number of fused-ring (bicyclic) bond motifs is 1. The van der Waals surface area contributed by atoms with Crippen LogP contribution in [0, 0.1) is 5.82 Å². The first-order valence-electron chi connectivity index (χ1n) is 7.38. The molecule has 2 aliphatic rings. The third-order valence-electron chi connectivity index (χ3n) is 4.09. The number of rotatable bonds is 1. The van der Waals surface area contributed by atoms with Gasteiger partial charge in [-0.3, -0.25) is 9.59 Å². The smallest absolute Gasteiger partial charge is 0.230 e. The molecule has 0 aliphatic carbocycles. The van der Waals surface area contributed by atoms with Crippen molar-refractivity contribution in [1.29, 1.82) is 0 Å². The van der Waals surface area contributed by atoms with Crippen LogP contribution in [0.25, 0.3) is 0 Å². The molecule has 22 heavy (non-hydrogen) atoms. The lowest BCUT2D eigenvalue weighted by Gasteiger charge is -2.40. The molecule has 1 N–H and O–H groups in total. The second kappa shape index (κ2) is 5.35. The van der Waals surface area contributed by atoms with Gasteiger partial charge < -0.3 is 15.0 Å². The van der Waals surface area contributed by atoms with Gasteiger partial charge in [0.2, 0.25) is 11.8 Å². The fourth-order valence-electron chi connectivity index (χ4n) is 3.08. The van der Waals surface area contributed by atoms with Gasteiger partial charge in [-0.1, -0.05) is 6.07 Å². The van der Waals surface area contributed by atoms with E-state index in [2.05, 4.69) is 5.32 Å². The van der Waals surface area contributed by atoms with Crippen LogP contribution in [0.2, 0.25) is 0 Å². The van der Waals surface area contributed by atoms with E-state index in [1.54, 1.807) is 11.0 Å². The lowest BCUT2D eigenvalue weighted by Crippen LogP contribution is -2.52. The number of ether oxygens (including phenoxy) is 1. The van der Waals surface area contributed by atoms with Gasteiger partial charge in [0.1, 0.15) is 5.82 Å². The van der Waals surface area contributed by atoms with Crippen molar-refractivity contribution in [2.45, 2.75) is 31.8 Å². The topological polar surface area (TPSA) is 58.6 Å². The summed E-state index contributed by atoms with van der Waals surface area (Å²) < 4.78 is 19.0. The number of carbonyl (C=O) groups excluding carboxylic acids is 2. The summed E-state index contributed by atoms with van der Waals surface area (Å²) >= 11 is 0. The van der Waals surface area contributed by atoms with Gasteiger partial charge in [-0.15, -0.1) is 0 Å². The highest BCUT2D eigenvalue weighted by atomic mass is 19.1. The molecule has 1 atom stereocenters. The maximum atomic E-state index is 13.3. The lowest BCUT2D eigenvalue weighted by molar-refractivity contribution is -0.148. The molecule has 1 saturated heterocycles. The van der Waals surface area contributed by atoms with Crippen molar-refractivity contribution in [3.05, 3.63) is 29.6 Å². The molecule has 0 saturated carbocycles. The van der Waals surface area contributed by atoms with Crippen LogP contribution in [0.5, 0.6) is 0 Å². The van der Waals surface area contributed by atoms with E-state index in [1.165, 1.54) is 12.1 Å². The summed E-state index contributed by atoms with van der Waals surface area (Å²) in [7, 11) is 0. The van der Waals surface area contributed by atoms with Crippen LogP contribution >= 0.6 is 0 Å². The van der Waals surface area contributed by atoms with E-state index in [-0.39, 0.29) is 18.2 Å². The molecule has 0 bridgehead atoms. The largest absolute Gasteiger partial charge is 0.372 e. The SMILES string of the molecule is CC1(C)CN(C(=O)C2CC(=O)Nc3cc(F)ccc32)CCO1. The first-order chi connectivity index (χ1) is 10.4. The zero-order chi connectivity index (χ0) is 15.9. The average Bonchev–Trinajstić information content (AvgIpc) is 2.44.